The van der Waals surface area contributed by atoms with Crippen molar-refractivity contribution in [2.24, 2.45) is 5.73 Å². The Morgan fingerprint density at radius 3 is 2.00 bits per heavy atom. The van der Waals surface area contributed by atoms with Gasteiger partial charge in [0.1, 0.15) is 6.29 Å². The molecule has 0 aliphatic rings. The zero-order valence-electron chi connectivity index (χ0n) is 10.2. The summed E-state index contributed by atoms with van der Waals surface area (Å²) in [6.45, 7) is 4.30. The Morgan fingerprint density at radius 1 is 1.12 bits per heavy atom. The monoisotopic (exact) mass is 219 g/mol. The summed E-state index contributed by atoms with van der Waals surface area (Å²) in [7, 11) is 0. The second-order valence-electron chi connectivity index (χ2n) is 4.40. The van der Waals surface area contributed by atoms with Crippen LogP contribution >= 0.6 is 0 Å². The standard InChI is InChI=1S/C14H21NO/c1-3-9-14(15,10-4-2)13-7-5-12(11-16)6-8-13/h5-8,11H,3-4,9-10,15H2,1-2H3. The summed E-state index contributed by atoms with van der Waals surface area (Å²) in [5.74, 6) is 0. The Kier molecular flexibility index (Phi) is 4.69. The molecule has 0 aliphatic carbocycles. The quantitative estimate of drug-likeness (QED) is 0.746. The van der Waals surface area contributed by atoms with Gasteiger partial charge >= 0.3 is 0 Å². The van der Waals surface area contributed by atoms with Crippen molar-refractivity contribution in [3.8, 4) is 0 Å². The molecule has 0 bridgehead atoms. The van der Waals surface area contributed by atoms with E-state index >= 15 is 0 Å². The molecule has 1 aromatic rings. The van der Waals surface area contributed by atoms with Crippen molar-refractivity contribution < 1.29 is 4.79 Å². The van der Waals surface area contributed by atoms with Gasteiger partial charge in [0.2, 0.25) is 0 Å². The Labute approximate surface area is 97.9 Å². The van der Waals surface area contributed by atoms with Gasteiger partial charge in [-0.3, -0.25) is 4.79 Å². The van der Waals surface area contributed by atoms with E-state index in [0.29, 0.717) is 5.56 Å². The molecule has 0 aliphatic heterocycles. The van der Waals surface area contributed by atoms with Crippen LogP contribution in [0.25, 0.3) is 0 Å². The maximum atomic E-state index is 10.6. The molecule has 0 saturated carbocycles. The van der Waals surface area contributed by atoms with E-state index in [-0.39, 0.29) is 5.54 Å². The maximum absolute atomic E-state index is 10.6. The van der Waals surface area contributed by atoms with E-state index in [4.69, 9.17) is 5.73 Å². The topological polar surface area (TPSA) is 43.1 Å². The van der Waals surface area contributed by atoms with E-state index in [1.54, 1.807) is 0 Å². The first-order chi connectivity index (χ1) is 7.66. The Bertz CT molecular complexity index is 323. The highest BCUT2D eigenvalue weighted by atomic mass is 16.1. The van der Waals surface area contributed by atoms with Gasteiger partial charge in [0.05, 0.1) is 0 Å². The van der Waals surface area contributed by atoms with Crippen molar-refractivity contribution >= 4 is 6.29 Å². The molecule has 0 amide bonds. The molecule has 88 valence electrons. The van der Waals surface area contributed by atoms with Gasteiger partial charge in [0.25, 0.3) is 0 Å². The van der Waals surface area contributed by atoms with Gasteiger partial charge in [-0.15, -0.1) is 0 Å². The van der Waals surface area contributed by atoms with Crippen LogP contribution < -0.4 is 5.73 Å². The van der Waals surface area contributed by atoms with Gasteiger partial charge in [-0.05, 0) is 18.4 Å². The number of hydrogen-bond acceptors (Lipinski definition) is 2. The molecule has 0 atom stereocenters. The van der Waals surface area contributed by atoms with Crippen molar-refractivity contribution in [3.05, 3.63) is 35.4 Å². The lowest BCUT2D eigenvalue weighted by atomic mass is 9.82. The third kappa shape index (κ3) is 2.92. The van der Waals surface area contributed by atoms with Crippen LogP contribution in [0.2, 0.25) is 0 Å². The molecule has 0 spiro atoms. The summed E-state index contributed by atoms with van der Waals surface area (Å²) >= 11 is 0. The fourth-order valence-electron chi connectivity index (χ4n) is 2.20. The second kappa shape index (κ2) is 5.80. The van der Waals surface area contributed by atoms with Crippen LogP contribution in [-0.2, 0) is 5.54 Å². The van der Waals surface area contributed by atoms with E-state index in [2.05, 4.69) is 13.8 Å². The van der Waals surface area contributed by atoms with Crippen molar-refractivity contribution in [1.29, 1.82) is 0 Å². The first-order valence-electron chi connectivity index (χ1n) is 6.01. The first kappa shape index (κ1) is 12.9. The average Bonchev–Trinajstić information content (AvgIpc) is 2.30. The normalized spacial score (nSPS) is 11.4. The molecule has 0 heterocycles. The Balaban J connectivity index is 2.95. The van der Waals surface area contributed by atoms with Crippen LogP contribution in [0.1, 0.15) is 55.5 Å². The van der Waals surface area contributed by atoms with E-state index in [9.17, 15) is 4.79 Å². The van der Waals surface area contributed by atoms with E-state index in [0.717, 1.165) is 37.5 Å². The Morgan fingerprint density at radius 2 is 1.62 bits per heavy atom. The predicted octanol–water partition coefficient (Wildman–Crippen LogP) is 3.25. The minimum atomic E-state index is -0.231. The van der Waals surface area contributed by atoms with Crippen molar-refractivity contribution in [3.63, 3.8) is 0 Å². The van der Waals surface area contributed by atoms with Crippen molar-refractivity contribution in [2.75, 3.05) is 0 Å². The minimum absolute atomic E-state index is 0.231. The highest BCUT2D eigenvalue weighted by molar-refractivity contribution is 5.74. The molecule has 0 saturated heterocycles. The zero-order chi connectivity index (χ0) is 12.0. The minimum Gasteiger partial charge on any atom is -0.321 e. The number of benzene rings is 1. The molecule has 16 heavy (non-hydrogen) atoms. The number of rotatable bonds is 6. The van der Waals surface area contributed by atoms with Gasteiger partial charge in [-0.25, -0.2) is 0 Å². The van der Waals surface area contributed by atoms with E-state index in [1.807, 2.05) is 24.3 Å². The highest BCUT2D eigenvalue weighted by Crippen LogP contribution is 2.28. The van der Waals surface area contributed by atoms with E-state index < -0.39 is 0 Å². The average molecular weight is 219 g/mol. The molecule has 2 nitrogen and oxygen atoms in total. The molecular weight excluding hydrogens is 198 g/mol. The molecule has 0 fully saturated rings. The summed E-state index contributed by atoms with van der Waals surface area (Å²) in [6.07, 6.45) is 4.99. The molecular formula is C14H21NO. The van der Waals surface area contributed by atoms with Crippen LogP contribution in [0.15, 0.2) is 24.3 Å². The molecule has 1 rings (SSSR count). The smallest absolute Gasteiger partial charge is 0.150 e. The number of carbonyl (C=O) groups excluding carboxylic acids is 1. The summed E-state index contributed by atoms with van der Waals surface area (Å²) in [5.41, 5.74) is 8.06. The predicted molar refractivity (Wildman–Crippen MR) is 67.5 cm³/mol. The number of nitrogens with two attached hydrogens (primary N) is 1. The lowest BCUT2D eigenvalue weighted by Gasteiger charge is -2.29. The van der Waals surface area contributed by atoms with Gasteiger partial charge in [0, 0.05) is 11.1 Å². The van der Waals surface area contributed by atoms with Crippen LogP contribution in [0.4, 0.5) is 0 Å². The van der Waals surface area contributed by atoms with Gasteiger partial charge in [-0.2, -0.15) is 0 Å². The third-order valence-corrected chi connectivity index (χ3v) is 3.01. The van der Waals surface area contributed by atoms with Gasteiger partial charge in [0.15, 0.2) is 0 Å². The van der Waals surface area contributed by atoms with Crippen LogP contribution in [0, 0.1) is 0 Å². The second-order valence-corrected chi connectivity index (χ2v) is 4.40. The van der Waals surface area contributed by atoms with Crippen molar-refractivity contribution in [1.82, 2.24) is 0 Å². The summed E-state index contributed by atoms with van der Waals surface area (Å²) < 4.78 is 0. The summed E-state index contributed by atoms with van der Waals surface area (Å²) in [5, 5.41) is 0. The highest BCUT2D eigenvalue weighted by Gasteiger charge is 2.24. The Hall–Kier alpha value is -1.15. The summed E-state index contributed by atoms with van der Waals surface area (Å²) in [4.78, 5) is 10.6. The number of aldehydes is 1. The fourth-order valence-corrected chi connectivity index (χ4v) is 2.20. The first-order valence-corrected chi connectivity index (χ1v) is 6.01. The summed E-state index contributed by atoms with van der Waals surface area (Å²) in [6, 6.07) is 7.65. The number of carbonyl (C=O) groups is 1. The van der Waals surface area contributed by atoms with Gasteiger partial charge in [-0.1, -0.05) is 51.0 Å². The van der Waals surface area contributed by atoms with Crippen LogP contribution in [-0.4, -0.2) is 6.29 Å². The third-order valence-electron chi connectivity index (χ3n) is 3.01. The van der Waals surface area contributed by atoms with Crippen molar-refractivity contribution in [2.45, 2.75) is 45.1 Å². The van der Waals surface area contributed by atoms with E-state index in [1.165, 1.54) is 0 Å². The molecule has 2 heteroatoms. The maximum Gasteiger partial charge on any atom is 0.150 e. The largest absolute Gasteiger partial charge is 0.321 e. The van der Waals surface area contributed by atoms with Crippen LogP contribution in [0.3, 0.4) is 0 Å². The molecule has 2 N–H and O–H groups in total. The lowest BCUT2D eigenvalue weighted by molar-refractivity contribution is 0.112. The number of hydrogen-bond donors (Lipinski definition) is 1. The molecule has 1 aromatic carbocycles. The molecule has 0 aromatic heterocycles. The SMILES string of the molecule is CCCC(N)(CCC)c1ccc(C=O)cc1. The fraction of sp³-hybridized carbons (Fsp3) is 0.500. The van der Waals surface area contributed by atoms with Gasteiger partial charge < -0.3 is 5.73 Å². The zero-order valence-corrected chi connectivity index (χ0v) is 10.2. The molecule has 0 unspecified atom stereocenters. The lowest BCUT2D eigenvalue weighted by Crippen LogP contribution is -2.36. The molecule has 0 radical (unpaired) electrons. The van der Waals surface area contributed by atoms with Crippen LogP contribution in [0.5, 0.6) is 0 Å².